The highest BCUT2D eigenvalue weighted by atomic mass is 35.5. The first-order valence-electron chi connectivity index (χ1n) is 11.1. The Labute approximate surface area is 216 Å². The van der Waals surface area contributed by atoms with Gasteiger partial charge < -0.3 is 19.9 Å². The summed E-state index contributed by atoms with van der Waals surface area (Å²) in [6.07, 6.45) is 0.0838. The molecule has 1 saturated heterocycles. The van der Waals surface area contributed by atoms with Gasteiger partial charge in [-0.1, -0.05) is 47.6 Å². The molecule has 1 aliphatic heterocycles. The lowest BCUT2D eigenvalue weighted by atomic mass is 10.0. The van der Waals surface area contributed by atoms with E-state index in [1.807, 2.05) is 39.5 Å². The Balaban J connectivity index is 1.86. The Kier molecular flexibility index (Phi) is 7.80. The lowest BCUT2D eigenvalue weighted by molar-refractivity contribution is 0.0928. The third-order valence-corrected chi connectivity index (χ3v) is 7.00. The van der Waals surface area contributed by atoms with Crippen molar-refractivity contribution < 1.29 is 14.3 Å². The number of para-hydroxylation sites is 1. The second-order valence-corrected chi connectivity index (χ2v) is 10.6. The van der Waals surface area contributed by atoms with Crippen LogP contribution in [0.1, 0.15) is 51.4 Å². The van der Waals surface area contributed by atoms with Crippen LogP contribution in [0.4, 0.5) is 10.5 Å². The second-order valence-electron chi connectivity index (χ2n) is 9.37. The molecule has 0 bridgehead atoms. The van der Waals surface area contributed by atoms with E-state index in [1.165, 1.54) is 0 Å². The summed E-state index contributed by atoms with van der Waals surface area (Å²) in [5.74, 6) is 0.0387. The van der Waals surface area contributed by atoms with Gasteiger partial charge in [-0.05, 0) is 71.4 Å². The molecule has 1 atom stereocenters. The first kappa shape index (κ1) is 26.3. The van der Waals surface area contributed by atoms with Crippen LogP contribution in [0.2, 0.25) is 10.0 Å². The van der Waals surface area contributed by atoms with Crippen LogP contribution in [0.25, 0.3) is 0 Å². The minimum atomic E-state index is -0.796. The number of hydrogen-bond acceptors (Lipinski definition) is 4. The number of rotatable bonds is 5. The van der Waals surface area contributed by atoms with Crippen molar-refractivity contribution in [3.05, 3.63) is 58.1 Å². The van der Waals surface area contributed by atoms with E-state index in [-0.39, 0.29) is 5.91 Å². The van der Waals surface area contributed by atoms with Crippen LogP contribution in [-0.4, -0.2) is 46.1 Å². The van der Waals surface area contributed by atoms with Crippen molar-refractivity contribution >= 4 is 58.1 Å². The third-order valence-electron chi connectivity index (χ3n) is 5.79. The highest BCUT2D eigenvalue weighted by Crippen LogP contribution is 2.41. The fraction of sp³-hybridized carbons (Fsp3) is 0.400. The lowest BCUT2D eigenvalue weighted by Gasteiger charge is -2.34. The van der Waals surface area contributed by atoms with Crippen LogP contribution < -0.4 is 15.0 Å². The van der Waals surface area contributed by atoms with Crippen LogP contribution in [0, 0.1) is 0 Å². The maximum Gasteiger partial charge on any atom is 0.415 e. The van der Waals surface area contributed by atoms with Crippen LogP contribution >= 0.6 is 35.4 Å². The quantitative estimate of drug-likeness (QED) is 0.465. The van der Waals surface area contributed by atoms with Crippen molar-refractivity contribution in [2.24, 2.45) is 0 Å². The van der Waals surface area contributed by atoms with Crippen molar-refractivity contribution in [2.45, 2.75) is 52.1 Å². The smallest absolute Gasteiger partial charge is 0.408 e. The van der Waals surface area contributed by atoms with E-state index in [4.69, 9.17) is 40.2 Å². The van der Waals surface area contributed by atoms with Crippen LogP contribution in [0.3, 0.4) is 0 Å². The van der Waals surface area contributed by atoms with Gasteiger partial charge in [-0.25, -0.2) is 4.79 Å². The molecule has 0 saturated carbocycles. The van der Waals surface area contributed by atoms with Crippen LogP contribution in [0.5, 0.6) is 5.75 Å². The summed E-state index contributed by atoms with van der Waals surface area (Å²) in [5.41, 5.74) is -0.246. The van der Waals surface area contributed by atoms with E-state index in [0.717, 1.165) is 0 Å². The van der Waals surface area contributed by atoms with Gasteiger partial charge in [0, 0.05) is 29.2 Å². The summed E-state index contributed by atoms with van der Waals surface area (Å²) >= 11 is 18.4. The summed E-state index contributed by atoms with van der Waals surface area (Å²) in [5, 5.41) is 3.91. The number of nitrogens with zero attached hydrogens (tertiary/aromatic N) is 2. The summed E-state index contributed by atoms with van der Waals surface area (Å²) in [7, 11) is 0. The normalized spacial score (nSPS) is 18.1. The number of halogens is 2. The molecule has 1 aliphatic rings. The molecule has 1 heterocycles. The molecular formula is C25H29Cl2N3O3S. The average molecular weight is 522 g/mol. The van der Waals surface area contributed by atoms with Gasteiger partial charge >= 0.3 is 6.09 Å². The van der Waals surface area contributed by atoms with Crippen molar-refractivity contribution in [3.63, 3.8) is 0 Å². The molecule has 1 N–H and O–H groups in total. The maximum absolute atomic E-state index is 12.9. The predicted octanol–water partition coefficient (Wildman–Crippen LogP) is 6.34. The first-order valence-corrected chi connectivity index (χ1v) is 12.2. The van der Waals surface area contributed by atoms with E-state index < -0.39 is 17.2 Å². The zero-order valence-corrected chi connectivity index (χ0v) is 22.3. The minimum Gasteiger partial charge on any atom is -0.408 e. The number of benzene rings is 2. The zero-order chi connectivity index (χ0) is 25.3. The molecule has 0 radical (unpaired) electrons. The number of hydrogen-bond donors (Lipinski definition) is 1. The van der Waals surface area contributed by atoms with Crippen LogP contribution in [0.15, 0.2) is 42.5 Å². The zero-order valence-electron chi connectivity index (χ0n) is 19.9. The fourth-order valence-corrected chi connectivity index (χ4v) is 4.78. The van der Waals surface area contributed by atoms with Crippen molar-refractivity contribution in [2.75, 3.05) is 18.0 Å². The predicted molar refractivity (Wildman–Crippen MR) is 141 cm³/mol. The number of ether oxygens (including phenoxy) is 1. The Morgan fingerprint density at radius 1 is 1.21 bits per heavy atom. The molecule has 0 aromatic heterocycles. The fourth-order valence-electron chi connectivity index (χ4n) is 3.99. The summed E-state index contributed by atoms with van der Waals surface area (Å²) < 4.78 is 5.80. The second kappa shape index (κ2) is 10.1. The molecule has 1 fully saturated rings. The molecule has 6 nitrogen and oxygen atoms in total. The van der Waals surface area contributed by atoms with Gasteiger partial charge in [0.2, 0.25) is 0 Å². The number of nitrogens with one attached hydrogen (secondary N) is 1. The SMILES string of the molecule is CCN(C(=O)Oc1cccc(Cl)c1N1CCC(C)(NC(=O)c2cccc(Cl)c2)C1=S)C(C)(C)C. The number of carbonyl (C=O) groups is 2. The monoisotopic (exact) mass is 521 g/mol. The molecule has 0 spiro atoms. The molecule has 2 aromatic carbocycles. The van der Waals surface area contributed by atoms with E-state index in [0.29, 0.717) is 51.5 Å². The Morgan fingerprint density at radius 2 is 1.88 bits per heavy atom. The molecule has 0 aliphatic carbocycles. The Morgan fingerprint density at radius 3 is 2.50 bits per heavy atom. The third kappa shape index (κ3) is 5.48. The van der Waals surface area contributed by atoms with Gasteiger partial charge in [-0.3, -0.25) is 4.79 Å². The van der Waals surface area contributed by atoms with Crippen molar-refractivity contribution in [1.29, 1.82) is 0 Å². The van der Waals surface area contributed by atoms with Gasteiger partial charge in [0.05, 0.1) is 10.6 Å². The molecule has 182 valence electrons. The number of carbonyl (C=O) groups excluding carboxylic acids is 2. The van der Waals surface area contributed by atoms with Gasteiger partial charge in [0.15, 0.2) is 5.75 Å². The lowest BCUT2D eigenvalue weighted by Crippen LogP contribution is -2.51. The van der Waals surface area contributed by atoms with Gasteiger partial charge in [0.25, 0.3) is 5.91 Å². The van der Waals surface area contributed by atoms with Gasteiger partial charge in [-0.15, -0.1) is 0 Å². The largest absolute Gasteiger partial charge is 0.415 e. The maximum atomic E-state index is 12.9. The average Bonchev–Trinajstić information content (AvgIpc) is 3.02. The van der Waals surface area contributed by atoms with Crippen molar-refractivity contribution in [1.82, 2.24) is 10.2 Å². The summed E-state index contributed by atoms with van der Waals surface area (Å²) in [4.78, 5) is 29.8. The first-order chi connectivity index (χ1) is 15.9. The topological polar surface area (TPSA) is 61.9 Å². The highest BCUT2D eigenvalue weighted by Gasteiger charge is 2.43. The standard InChI is InChI=1S/C25H29Cl2N3O3S/c1-6-30(24(2,3)4)23(32)33-19-12-8-11-18(27)20(19)29-14-13-25(5,22(29)34)28-21(31)16-9-7-10-17(26)15-16/h7-12,15H,6,13-14H2,1-5H3,(H,28,31). The molecule has 34 heavy (non-hydrogen) atoms. The summed E-state index contributed by atoms with van der Waals surface area (Å²) in [6.45, 7) is 10.6. The molecule has 1 unspecified atom stereocenters. The minimum absolute atomic E-state index is 0.274. The molecule has 2 aromatic rings. The summed E-state index contributed by atoms with van der Waals surface area (Å²) in [6, 6.07) is 11.9. The number of anilines is 1. The van der Waals surface area contributed by atoms with E-state index in [9.17, 15) is 9.59 Å². The van der Waals surface area contributed by atoms with E-state index >= 15 is 0 Å². The highest BCUT2D eigenvalue weighted by molar-refractivity contribution is 7.80. The molecule has 2 amide bonds. The van der Waals surface area contributed by atoms with E-state index in [2.05, 4.69) is 5.32 Å². The Hall–Kier alpha value is -2.35. The molecule has 3 rings (SSSR count). The molecule has 9 heteroatoms. The molecular weight excluding hydrogens is 493 g/mol. The van der Waals surface area contributed by atoms with Crippen LogP contribution in [-0.2, 0) is 0 Å². The van der Waals surface area contributed by atoms with Gasteiger partial charge in [-0.2, -0.15) is 0 Å². The van der Waals surface area contributed by atoms with Crippen molar-refractivity contribution in [3.8, 4) is 5.75 Å². The Bertz CT molecular complexity index is 1120. The van der Waals surface area contributed by atoms with Gasteiger partial charge in [0.1, 0.15) is 10.7 Å². The van der Waals surface area contributed by atoms with E-state index in [1.54, 1.807) is 47.4 Å². The number of amides is 2. The number of thiocarbonyl (C=S) groups is 1.